The van der Waals surface area contributed by atoms with E-state index in [2.05, 4.69) is 15.9 Å². The van der Waals surface area contributed by atoms with Crippen LogP contribution in [0.1, 0.15) is 5.56 Å². The number of carbonyl (C=O) groups excluding carboxylic acids is 1. The van der Waals surface area contributed by atoms with Gasteiger partial charge in [-0.3, -0.25) is 5.73 Å². The summed E-state index contributed by atoms with van der Waals surface area (Å²) < 4.78 is 2.18. The molecule has 0 radical (unpaired) electrons. The lowest BCUT2D eigenvalue weighted by Gasteiger charge is -1.95. The summed E-state index contributed by atoms with van der Waals surface area (Å²) in [5.41, 5.74) is 6.04. The maximum atomic E-state index is 10.7. The van der Waals surface area contributed by atoms with Crippen LogP contribution >= 0.6 is 15.9 Å². The van der Waals surface area contributed by atoms with Crippen LogP contribution in [0, 0.1) is 6.92 Å². The van der Waals surface area contributed by atoms with E-state index in [1.54, 1.807) is 12.4 Å². The predicted octanol–water partition coefficient (Wildman–Crippen LogP) is 0.972. The van der Waals surface area contributed by atoms with E-state index in [0.29, 0.717) is 0 Å². The number of nitrogens with two attached hydrogens (primary N) is 1. The Labute approximate surface area is 73.0 Å². The number of nitrogens with zero attached hydrogens (tertiary/aromatic N) is 1. The molecule has 3 nitrogen and oxygen atoms in total. The molecule has 0 fully saturated rings. The summed E-state index contributed by atoms with van der Waals surface area (Å²) in [7, 11) is 0. The number of hydrogen-bond donors (Lipinski definition) is 1. The Kier molecular flexibility index (Phi) is 2.24. The van der Waals surface area contributed by atoms with Gasteiger partial charge in [0.1, 0.15) is 12.4 Å². The number of aryl methyl sites for hydroxylation is 1. The first-order valence-electron chi connectivity index (χ1n) is 3.08. The molecule has 0 aromatic carbocycles. The quantitative estimate of drug-likeness (QED) is 0.645. The number of halogens is 1. The van der Waals surface area contributed by atoms with Crippen molar-refractivity contribution < 1.29 is 9.36 Å². The van der Waals surface area contributed by atoms with E-state index in [4.69, 9.17) is 5.73 Å². The lowest BCUT2D eigenvalue weighted by atomic mass is 10.3. The maximum Gasteiger partial charge on any atom is 0.493 e. The Hall–Kier alpha value is -0.900. The average Bonchev–Trinajstić information content (AvgIpc) is 1.85. The smallest absolute Gasteiger partial charge is 0.250 e. The molecule has 0 spiro atoms. The van der Waals surface area contributed by atoms with Crippen LogP contribution in [0.4, 0.5) is 4.79 Å². The molecule has 0 aliphatic carbocycles. The molecule has 0 saturated carbocycles. The fourth-order valence-electron chi connectivity index (χ4n) is 0.809. The van der Waals surface area contributed by atoms with Crippen molar-refractivity contribution in [2.24, 2.45) is 5.73 Å². The van der Waals surface area contributed by atoms with Crippen LogP contribution in [0.3, 0.4) is 0 Å². The minimum Gasteiger partial charge on any atom is -0.250 e. The molecule has 0 unspecified atom stereocenters. The van der Waals surface area contributed by atoms with Crippen molar-refractivity contribution in [1.82, 2.24) is 0 Å². The van der Waals surface area contributed by atoms with Gasteiger partial charge in [-0.2, -0.15) is 9.36 Å². The minimum absolute atomic E-state index is 0.477. The molecule has 1 aromatic heterocycles. The van der Waals surface area contributed by atoms with Gasteiger partial charge in [0.05, 0.1) is 4.47 Å². The first-order chi connectivity index (χ1) is 5.09. The predicted molar refractivity (Wildman–Crippen MR) is 44.1 cm³/mol. The summed E-state index contributed by atoms with van der Waals surface area (Å²) >= 11 is 3.25. The molecule has 58 valence electrons. The van der Waals surface area contributed by atoms with E-state index in [9.17, 15) is 4.79 Å². The van der Waals surface area contributed by atoms with Gasteiger partial charge in [0.25, 0.3) is 0 Å². The summed E-state index contributed by atoms with van der Waals surface area (Å²) in [4.78, 5) is 10.7. The SMILES string of the molecule is Cc1cc(Br)c[n+](C(N)=O)c1. The lowest BCUT2D eigenvalue weighted by Crippen LogP contribution is -2.46. The number of hydrogen-bond acceptors (Lipinski definition) is 1. The molecular weight excluding hydrogens is 208 g/mol. The second-order valence-corrected chi connectivity index (χ2v) is 3.19. The van der Waals surface area contributed by atoms with Gasteiger partial charge in [-0.15, -0.1) is 0 Å². The second-order valence-electron chi connectivity index (χ2n) is 2.28. The fourth-order valence-corrected chi connectivity index (χ4v) is 1.39. The zero-order valence-corrected chi connectivity index (χ0v) is 7.63. The third kappa shape index (κ3) is 2.01. The summed E-state index contributed by atoms with van der Waals surface area (Å²) in [5.74, 6) is 0. The summed E-state index contributed by atoms with van der Waals surface area (Å²) in [5, 5.41) is 0. The highest BCUT2D eigenvalue weighted by atomic mass is 79.9. The van der Waals surface area contributed by atoms with Gasteiger partial charge in [0, 0.05) is 0 Å². The average molecular weight is 216 g/mol. The molecule has 0 aliphatic heterocycles. The van der Waals surface area contributed by atoms with Crippen molar-refractivity contribution >= 4 is 22.0 Å². The minimum atomic E-state index is -0.477. The summed E-state index contributed by atoms with van der Waals surface area (Å²) in [6, 6.07) is 1.42. The van der Waals surface area contributed by atoms with Crippen LogP contribution in [-0.4, -0.2) is 6.03 Å². The molecule has 1 aromatic rings. The molecule has 4 heteroatoms. The van der Waals surface area contributed by atoms with E-state index in [0.717, 1.165) is 10.0 Å². The Morgan fingerprint density at radius 1 is 1.64 bits per heavy atom. The number of carbonyl (C=O) groups is 1. The van der Waals surface area contributed by atoms with Crippen molar-refractivity contribution in [2.45, 2.75) is 6.92 Å². The molecule has 1 rings (SSSR count). The van der Waals surface area contributed by atoms with Gasteiger partial charge < -0.3 is 0 Å². The summed E-state index contributed by atoms with van der Waals surface area (Å²) in [6.45, 7) is 1.89. The molecule has 0 aliphatic rings. The highest BCUT2D eigenvalue weighted by Crippen LogP contribution is 2.06. The van der Waals surface area contributed by atoms with E-state index in [1.807, 2.05) is 13.0 Å². The number of primary amides is 1. The number of amides is 1. The standard InChI is InChI=1S/C7H7BrN2O/c1-5-2-6(8)4-10(3-5)7(9)11/h2-4H,1H3,(H-,9,11)/p+1. The van der Waals surface area contributed by atoms with Gasteiger partial charge in [-0.1, -0.05) is 0 Å². The van der Waals surface area contributed by atoms with E-state index in [-0.39, 0.29) is 0 Å². The Morgan fingerprint density at radius 2 is 2.27 bits per heavy atom. The highest BCUT2D eigenvalue weighted by Gasteiger charge is 2.06. The van der Waals surface area contributed by atoms with E-state index >= 15 is 0 Å². The Morgan fingerprint density at radius 3 is 2.73 bits per heavy atom. The second kappa shape index (κ2) is 3.00. The lowest BCUT2D eigenvalue weighted by molar-refractivity contribution is -0.570. The van der Waals surface area contributed by atoms with Crippen LogP contribution in [0.25, 0.3) is 0 Å². The molecular formula is C7H8BrN2O+. The monoisotopic (exact) mass is 215 g/mol. The number of pyridine rings is 1. The third-order valence-electron chi connectivity index (χ3n) is 1.23. The molecule has 0 bridgehead atoms. The molecule has 2 N–H and O–H groups in total. The van der Waals surface area contributed by atoms with Crippen molar-refractivity contribution in [3.63, 3.8) is 0 Å². The topological polar surface area (TPSA) is 47.0 Å². The van der Waals surface area contributed by atoms with Crippen molar-refractivity contribution in [1.29, 1.82) is 0 Å². The van der Waals surface area contributed by atoms with Gasteiger partial charge in [0.15, 0.2) is 0 Å². The Balaban J connectivity index is 3.19. The van der Waals surface area contributed by atoms with Crippen LogP contribution in [0.2, 0.25) is 0 Å². The van der Waals surface area contributed by atoms with Gasteiger partial charge in [-0.05, 0) is 34.5 Å². The van der Waals surface area contributed by atoms with Gasteiger partial charge >= 0.3 is 6.03 Å². The van der Waals surface area contributed by atoms with Crippen LogP contribution < -0.4 is 10.3 Å². The van der Waals surface area contributed by atoms with Crippen LogP contribution in [0.15, 0.2) is 22.9 Å². The summed E-state index contributed by atoms with van der Waals surface area (Å²) in [6.07, 6.45) is 3.29. The van der Waals surface area contributed by atoms with Crippen LogP contribution in [-0.2, 0) is 0 Å². The maximum absolute atomic E-state index is 10.7. The normalized spacial score (nSPS) is 9.64. The van der Waals surface area contributed by atoms with Crippen molar-refractivity contribution in [2.75, 3.05) is 0 Å². The molecule has 11 heavy (non-hydrogen) atoms. The number of rotatable bonds is 0. The third-order valence-corrected chi connectivity index (χ3v) is 1.66. The first-order valence-corrected chi connectivity index (χ1v) is 3.87. The van der Waals surface area contributed by atoms with E-state index in [1.165, 1.54) is 4.57 Å². The van der Waals surface area contributed by atoms with Crippen molar-refractivity contribution in [3.05, 3.63) is 28.5 Å². The molecule has 1 heterocycles. The highest BCUT2D eigenvalue weighted by molar-refractivity contribution is 9.10. The van der Waals surface area contributed by atoms with Crippen molar-refractivity contribution in [3.8, 4) is 0 Å². The largest absolute Gasteiger partial charge is 0.493 e. The first kappa shape index (κ1) is 8.20. The van der Waals surface area contributed by atoms with Crippen LogP contribution in [0.5, 0.6) is 0 Å². The van der Waals surface area contributed by atoms with E-state index < -0.39 is 6.03 Å². The zero-order chi connectivity index (χ0) is 8.43. The fraction of sp³-hybridized carbons (Fsp3) is 0.143. The number of aromatic nitrogens is 1. The van der Waals surface area contributed by atoms with Gasteiger partial charge in [0.2, 0.25) is 0 Å². The molecule has 0 saturated heterocycles. The molecule has 0 atom stereocenters. The Bertz CT molecular complexity index is 278. The van der Waals surface area contributed by atoms with Gasteiger partial charge in [-0.25, -0.2) is 0 Å². The zero-order valence-electron chi connectivity index (χ0n) is 6.04. The molecule has 1 amide bonds.